The lowest BCUT2D eigenvalue weighted by Gasteiger charge is -2.20. The number of ether oxygens (including phenoxy) is 2. The molecule has 3 N–H and O–H groups in total. The number of benzene rings is 1. The van der Waals surface area contributed by atoms with Crippen molar-refractivity contribution in [2.45, 2.75) is 52.1 Å². The molecule has 25 heavy (non-hydrogen) atoms. The average Bonchev–Trinajstić information content (AvgIpc) is 2.52. The lowest BCUT2D eigenvalue weighted by molar-refractivity contribution is -0.140. The predicted octanol–water partition coefficient (Wildman–Crippen LogP) is 3.53. The molecule has 0 aromatic heterocycles. The average molecular weight is 352 g/mol. The molecule has 0 bridgehead atoms. The molecule has 0 radical (unpaired) electrons. The maximum absolute atomic E-state index is 11.4. The van der Waals surface area contributed by atoms with Crippen molar-refractivity contribution in [1.29, 1.82) is 0 Å². The van der Waals surface area contributed by atoms with E-state index in [1.165, 1.54) is 7.11 Å². The smallest absolute Gasteiger partial charge is 0.412 e. The van der Waals surface area contributed by atoms with E-state index in [1.807, 2.05) is 0 Å². The third kappa shape index (κ3) is 12.5. The van der Waals surface area contributed by atoms with Crippen LogP contribution in [0.1, 0.15) is 46.5 Å². The zero-order chi connectivity index (χ0) is 19.3. The molecule has 0 saturated heterocycles. The van der Waals surface area contributed by atoms with E-state index in [-0.39, 0.29) is 5.97 Å². The van der Waals surface area contributed by atoms with E-state index in [9.17, 15) is 14.4 Å². The van der Waals surface area contributed by atoms with Crippen LogP contribution in [0.2, 0.25) is 0 Å². The fourth-order valence-corrected chi connectivity index (χ4v) is 1.62. The van der Waals surface area contributed by atoms with Crippen LogP contribution < -0.4 is 11.1 Å². The third-order valence-electron chi connectivity index (χ3n) is 2.78. The summed E-state index contributed by atoms with van der Waals surface area (Å²) in [5.41, 5.74) is 6.23. The van der Waals surface area contributed by atoms with Gasteiger partial charge < -0.3 is 20.0 Å². The van der Waals surface area contributed by atoms with Gasteiger partial charge in [0.1, 0.15) is 11.9 Å². The van der Waals surface area contributed by atoms with Crippen LogP contribution in [0, 0.1) is 0 Å². The highest BCUT2D eigenvalue weighted by Gasteiger charge is 2.16. The van der Waals surface area contributed by atoms with Gasteiger partial charge in [-0.1, -0.05) is 12.1 Å². The minimum atomic E-state index is -0.506. The summed E-state index contributed by atoms with van der Waals surface area (Å²) in [6.45, 7) is 5.42. The topological polar surface area (TPSA) is 108 Å². The van der Waals surface area contributed by atoms with Gasteiger partial charge in [0.2, 0.25) is 0 Å². The minimum Gasteiger partial charge on any atom is -0.469 e. The van der Waals surface area contributed by atoms with Crippen LogP contribution in [0.3, 0.4) is 0 Å². The Morgan fingerprint density at radius 3 is 2.36 bits per heavy atom. The number of hydrogen-bond acceptors (Lipinski definition) is 6. The van der Waals surface area contributed by atoms with E-state index in [4.69, 9.17) is 10.5 Å². The van der Waals surface area contributed by atoms with Crippen LogP contribution in [0.4, 0.5) is 16.2 Å². The Morgan fingerprint density at radius 2 is 1.84 bits per heavy atom. The van der Waals surface area contributed by atoms with E-state index in [0.29, 0.717) is 24.2 Å². The van der Waals surface area contributed by atoms with Crippen molar-refractivity contribution in [2.24, 2.45) is 0 Å². The van der Waals surface area contributed by atoms with Crippen LogP contribution in [-0.4, -0.2) is 31.1 Å². The molecule has 0 atom stereocenters. The first-order valence-corrected chi connectivity index (χ1v) is 8.04. The van der Waals surface area contributed by atoms with E-state index in [0.717, 1.165) is 19.1 Å². The molecule has 1 amide bonds. The van der Waals surface area contributed by atoms with Crippen molar-refractivity contribution in [2.75, 3.05) is 18.2 Å². The molecule has 7 nitrogen and oxygen atoms in total. The summed E-state index contributed by atoms with van der Waals surface area (Å²) in [5, 5.41) is 2.58. The van der Waals surface area contributed by atoms with Gasteiger partial charge in [-0.05, 0) is 45.7 Å². The van der Waals surface area contributed by atoms with Crippen LogP contribution in [0.5, 0.6) is 0 Å². The number of nitrogens with two attached hydrogens (primary N) is 1. The number of anilines is 2. The number of aldehydes is 1. The Kier molecular flexibility index (Phi) is 10.7. The van der Waals surface area contributed by atoms with Crippen molar-refractivity contribution < 1.29 is 23.9 Å². The quantitative estimate of drug-likeness (QED) is 0.351. The van der Waals surface area contributed by atoms with Gasteiger partial charge in [-0.3, -0.25) is 10.1 Å². The summed E-state index contributed by atoms with van der Waals surface area (Å²) in [6.07, 6.45) is 2.84. The summed E-state index contributed by atoms with van der Waals surface area (Å²) >= 11 is 0. The first-order chi connectivity index (χ1) is 11.7. The summed E-state index contributed by atoms with van der Waals surface area (Å²) < 4.78 is 9.49. The number of esters is 1. The first-order valence-electron chi connectivity index (χ1n) is 8.04. The fourth-order valence-electron chi connectivity index (χ4n) is 1.62. The van der Waals surface area contributed by atoms with Crippen LogP contribution in [0.25, 0.3) is 0 Å². The number of rotatable bonds is 6. The molecular formula is C18H28N2O5. The van der Waals surface area contributed by atoms with Crippen molar-refractivity contribution in [3.05, 3.63) is 24.3 Å². The second-order valence-electron chi connectivity index (χ2n) is 6.20. The van der Waals surface area contributed by atoms with Gasteiger partial charge in [0.05, 0.1) is 18.5 Å². The van der Waals surface area contributed by atoms with E-state index in [2.05, 4.69) is 10.1 Å². The number of amides is 1. The molecule has 1 aromatic rings. The number of hydrogen-bond donors (Lipinski definition) is 2. The van der Waals surface area contributed by atoms with E-state index < -0.39 is 11.7 Å². The zero-order valence-corrected chi connectivity index (χ0v) is 15.3. The van der Waals surface area contributed by atoms with Gasteiger partial charge >= 0.3 is 12.1 Å². The number of para-hydroxylation sites is 2. The Balaban J connectivity index is 0.000000504. The molecule has 1 aromatic carbocycles. The molecule has 0 aliphatic rings. The first kappa shape index (κ1) is 22.4. The molecule has 140 valence electrons. The summed E-state index contributed by atoms with van der Waals surface area (Å²) in [6, 6.07) is 7.03. The Bertz CT molecular complexity index is 553. The highest BCUT2D eigenvalue weighted by atomic mass is 16.6. The Labute approximate surface area is 148 Å². The predicted molar refractivity (Wildman–Crippen MR) is 97.3 cm³/mol. The van der Waals surface area contributed by atoms with E-state index >= 15 is 0 Å². The molecule has 0 unspecified atom stereocenters. The van der Waals surface area contributed by atoms with E-state index in [1.54, 1.807) is 45.0 Å². The molecule has 0 saturated carbocycles. The Morgan fingerprint density at radius 1 is 1.20 bits per heavy atom. The molecule has 0 spiro atoms. The summed E-state index contributed by atoms with van der Waals surface area (Å²) in [5.74, 6) is -0.203. The van der Waals surface area contributed by atoms with Crippen molar-refractivity contribution >= 4 is 29.7 Å². The summed E-state index contributed by atoms with van der Waals surface area (Å²) in [4.78, 5) is 31.7. The number of carbonyl (C=O) groups is 3. The number of carbonyl (C=O) groups excluding carboxylic acids is 3. The molecular weight excluding hydrogens is 324 g/mol. The normalized spacial score (nSPS) is 10.1. The monoisotopic (exact) mass is 352 g/mol. The highest BCUT2D eigenvalue weighted by Crippen LogP contribution is 2.18. The number of unbranched alkanes of at least 4 members (excludes halogenated alkanes) is 2. The van der Waals surface area contributed by atoms with Gasteiger partial charge in [-0.15, -0.1) is 0 Å². The number of methoxy groups -OCH3 is 1. The van der Waals surface area contributed by atoms with Crippen molar-refractivity contribution in [1.82, 2.24) is 0 Å². The molecule has 0 aliphatic heterocycles. The molecule has 0 aliphatic carbocycles. The largest absolute Gasteiger partial charge is 0.469 e. The standard InChI is InChI=1S/C11H16N2O2.C7H12O3/c1-11(2,3)15-10(14)13-9-7-5-4-6-8(9)12;1-10-7(9)5-3-2-4-6-8/h4-7H,12H2,1-3H3,(H,13,14);6H,2-5H2,1H3. The van der Waals surface area contributed by atoms with Gasteiger partial charge in [0.25, 0.3) is 0 Å². The van der Waals surface area contributed by atoms with Crippen LogP contribution in [0.15, 0.2) is 24.3 Å². The third-order valence-corrected chi connectivity index (χ3v) is 2.78. The van der Waals surface area contributed by atoms with Gasteiger partial charge in [-0.2, -0.15) is 0 Å². The lowest BCUT2D eigenvalue weighted by atomic mass is 10.2. The van der Waals surface area contributed by atoms with Crippen molar-refractivity contribution in [3.63, 3.8) is 0 Å². The zero-order valence-electron chi connectivity index (χ0n) is 15.3. The minimum absolute atomic E-state index is 0.203. The van der Waals surface area contributed by atoms with Gasteiger partial charge in [-0.25, -0.2) is 4.79 Å². The number of nitrogen functional groups attached to an aromatic ring is 1. The fraction of sp³-hybridized carbons (Fsp3) is 0.500. The maximum atomic E-state index is 11.4. The molecule has 0 fully saturated rings. The molecule has 1 rings (SSSR count). The van der Waals surface area contributed by atoms with Crippen LogP contribution >= 0.6 is 0 Å². The SMILES string of the molecule is CC(C)(C)OC(=O)Nc1ccccc1N.COC(=O)CCCCC=O. The highest BCUT2D eigenvalue weighted by molar-refractivity contribution is 5.88. The summed E-state index contributed by atoms with van der Waals surface area (Å²) in [7, 11) is 1.36. The second kappa shape index (κ2) is 11.9. The lowest BCUT2D eigenvalue weighted by Crippen LogP contribution is -2.27. The van der Waals surface area contributed by atoms with Crippen molar-refractivity contribution in [3.8, 4) is 0 Å². The van der Waals surface area contributed by atoms with Gasteiger partial charge in [0, 0.05) is 12.8 Å². The Hall–Kier alpha value is -2.57. The van der Waals surface area contributed by atoms with Gasteiger partial charge in [0.15, 0.2) is 0 Å². The maximum Gasteiger partial charge on any atom is 0.412 e. The molecule has 0 heterocycles. The second-order valence-corrected chi connectivity index (χ2v) is 6.20. The van der Waals surface area contributed by atoms with Crippen LogP contribution in [-0.2, 0) is 19.1 Å². The molecule has 7 heteroatoms. The number of nitrogens with one attached hydrogen (secondary N) is 1.